The number of nitrogens with one attached hydrogen (secondary N) is 2. The fraction of sp³-hybridized carbons (Fsp3) is 0. The molecule has 7 heteroatoms. The fourth-order valence-corrected chi connectivity index (χ4v) is 1.91. The van der Waals surface area contributed by atoms with Crippen LogP contribution in [0.25, 0.3) is 0 Å². The number of amides is 1. The zero-order chi connectivity index (χ0) is 14.7. The molecular weight excluding hydrogens is 328 g/mol. The summed E-state index contributed by atoms with van der Waals surface area (Å²) in [6.45, 7) is 0. The van der Waals surface area contributed by atoms with E-state index in [1.165, 1.54) is 30.5 Å². The molecule has 0 radical (unpaired) electrons. The summed E-state index contributed by atoms with van der Waals surface area (Å²) in [4.78, 5) is 36.4. The van der Waals surface area contributed by atoms with Crippen molar-refractivity contribution in [1.82, 2.24) is 4.98 Å². The van der Waals surface area contributed by atoms with Crippen molar-refractivity contribution >= 4 is 33.5 Å². The van der Waals surface area contributed by atoms with E-state index < -0.39 is 11.9 Å². The molecule has 0 aliphatic carbocycles. The van der Waals surface area contributed by atoms with Crippen LogP contribution in [0.15, 0.2) is 45.8 Å². The Hall–Kier alpha value is -2.41. The van der Waals surface area contributed by atoms with Gasteiger partial charge in [-0.1, -0.05) is 15.9 Å². The van der Waals surface area contributed by atoms with Crippen molar-refractivity contribution in [3.63, 3.8) is 0 Å². The third kappa shape index (κ3) is 3.12. The lowest BCUT2D eigenvalue weighted by atomic mass is 10.1. The highest BCUT2D eigenvalue weighted by atomic mass is 79.9. The lowest BCUT2D eigenvalue weighted by Crippen LogP contribution is -2.16. The smallest absolute Gasteiger partial charge is 0.337 e. The number of carbonyl (C=O) groups is 2. The number of anilines is 1. The largest absolute Gasteiger partial charge is 0.478 e. The predicted octanol–water partition coefficient (Wildman–Crippen LogP) is 2.09. The number of rotatable bonds is 3. The molecule has 102 valence electrons. The monoisotopic (exact) mass is 336 g/mol. The topological polar surface area (TPSA) is 99.3 Å². The summed E-state index contributed by atoms with van der Waals surface area (Å²) >= 11 is 3.17. The van der Waals surface area contributed by atoms with Crippen molar-refractivity contribution in [3.8, 4) is 0 Å². The first-order valence-electron chi connectivity index (χ1n) is 5.50. The van der Waals surface area contributed by atoms with Gasteiger partial charge in [0.1, 0.15) is 0 Å². The molecule has 0 spiro atoms. The van der Waals surface area contributed by atoms with Gasteiger partial charge in [-0.15, -0.1) is 0 Å². The van der Waals surface area contributed by atoms with Gasteiger partial charge in [-0.25, -0.2) is 4.79 Å². The minimum absolute atomic E-state index is 0.0304. The van der Waals surface area contributed by atoms with Crippen LogP contribution >= 0.6 is 15.9 Å². The van der Waals surface area contributed by atoms with Gasteiger partial charge in [-0.05, 0) is 24.3 Å². The Morgan fingerprint density at radius 3 is 2.55 bits per heavy atom. The lowest BCUT2D eigenvalue weighted by molar-refractivity contribution is 0.0698. The van der Waals surface area contributed by atoms with Crippen LogP contribution in [0.5, 0.6) is 0 Å². The number of carbonyl (C=O) groups excluding carboxylic acids is 1. The van der Waals surface area contributed by atoms with Crippen molar-refractivity contribution in [2.24, 2.45) is 0 Å². The maximum absolute atomic E-state index is 11.9. The molecule has 1 heterocycles. The summed E-state index contributed by atoms with van der Waals surface area (Å²) in [7, 11) is 0. The van der Waals surface area contributed by atoms with E-state index >= 15 is 0 Å². The third-order valence-corrected chi connectivity index (χ3v) is 3.00. The van der Waals surface area contributed by atoms with Crippen LogP contribution in [0.1, 0.15) is 20.7 Å². The highest BCUT2D eigenvalue weighted by Crippen LogP contribution is 2.21. The first kappa shape index (κ1) is 14.0. The van der Waals surface area contributed by atoms with E-state index in [-0.39, 0.29) is 22.4 Å². The molecule has 2 rings (SSSR count). The van der Waals surface area contributed by atoms with E-state index in [1.54, 1.807) is 6.07 Å². The van der Waals surface area contributed by atoms with E-state index in [2.05, 4.69) is 26.2 Å². The average molecular weight is 337 g/mol. The molecule has 0 aliphatic heterocycles. The van der Waals surface area contributed by atoms with Crippen molar-refractivity contribution in [2.45, 2.75) is 0 Å². The first-order valence-corrected chi connectivity index (χ1v) is 6.29. The summed E-state index contributed by atoms with van der Waals surface area (Å²) in [6, 6.07) is 7.07. The molecule has 1 aromatic heterocycles. The average Bonchev–Trinajstić information content (AvgIpc) is 2.41. The second-order valence-corrected chi connectivity index (χ2v) is 4.81. The quantitative estimate of drug-likeness (QED) is 0.798. The van der Waals surface area contributed by atoms with Crippen LogP contribution in [-0.4, -0.2) is 22.0 Å². The number of benzene rings is 1. The Kier molecular flexibility index (Phi) is 3.99. The Labute approximate surface area is 121 Å². The highest BCUT2D eigenvalue weighted by Gasteiger charge is 2.14. The van der Waals surface area contributed by atoms with Gasteiger partial charge in [0.05, 0.1) is 16.8 Å². The molecule has 6 nitrogen and oxygen atoms in total. The van der Waals surface area contributed by atoms with E-state index in [9.17, 15) is 14.4 Å². The van der Waals surface area contributed by atoms with Gasteiger partial charge in [0, 0.05) is 16.7 Å². The van der Waals surface area contributed by atoms with Crippen molar-refractivity contribution in [3.05, 3.63) is 62.5 Å². The molecule has 2 aromatic rings. The number of aromatic carboxylic acids is 1. The van der Waals surface area contributed by atoms with Crippen molar-refractivity contribution in [2.75, 3.05) is 5.32 Å². The van der Waals surface area contributed by atoms with Gasteiger partial charge in [0.25, 0.3) is 5.91 Å². The number of halogens is 1. The Balaban J connectivity index is 2.30. The highest BCUT2D eigenvalue weighted by molar-refractivity contribution is 9.10. The Bertz CT molecular complexity index is 719. The van der Waals surface area contributed by atoms with Gasteiger partial charge in [0.2, 0.25) is 5.56 Å². The summed E-state index contributed by atoms with van der Waals surface area (Å²) in [5.41, 5.74) is 0.0503. The van der Waals surface area contributed by atoms with E-state index in [0.29, 0.717) is 4.47 Å². The van der Waals surface area contributed by atoms with Crippen LogP contribution in [0, 0.1) is 0 Å². The minimum Gasteiger partial charge on any atom is -0.478 e. The summed E-state index contributed by atoms with van der Waals surface area (Å²) < 4.78 is 0.594. The number of carboxylic acids is 1. The van der Waals surface area contributed by atoms with Crippen LogP contribution in [-0.2, 0) is 0 Å². The molecule has 0 saturated heterocycles. The number of pyridine rings is 1. The molecule has 3 N–H and O–H groups in total. The zero-order valence-electron chi connectivity index (χ0n) is 10.0. The van der Waals surface area contributed by atoms with Crippen LogP contribution in [0.3, 0.4) is 0 Å². The Morgan fingerprint density at radius 1 is 1.20 bits per heavy atom. The number of aromatic amines is 1. The van der Waals surface area contributed by atoms with E-state index in [0.717, 1.165) is 0 Å². The molecule has 0 bridgehead atoms. The maximum Gasteiger partial charge on any atom is 0.337 e. The number of hydrogen-bond acceptors (Lipinski definition) is 3. The second-order valence-electron chi connectivity index (χ2n) is 3.89. The lowest BCUT2D eigenvalue weighted by Gasteiger charge is -2.08. The number of aromatic nitrogens is 1. The number of hydrogen-bond donors (Lipinski definition) is 3. The van der Waals surface area contributed by atoms with Gasteiger partial charge in [0.15, 0.2) is 0 Å². The molecule has 1 aromatic carbocycles. The molecule has 0 fully saturated rings. The molecular formula is C13H9BrN2O4. The Morgan fingerprint density at radius 2 is 1.95 bits per heavy atom. The van der Waals surface area contributed by atoms with Gasteiger partial charge < -0.3 is 15.4 Å². The normalized spacial score (nSPS) is 10.1. The maximum atomic E-state index is 11.9. The van der Waals surface area contributed by atoms with E-state index in [1.807, 2.05) is 0 Å². The van der Waals surface area contributed by atoms with Crippen LogP contribution in [0.4, 0.5) is 5.69 Å². The molecule has 0 atom stereocenters. The third-order valence-electron chi connectivity index (χ3n) is 2.51. The van der Waals surface area contributed by atoms with Gasteiger partial charge in [-0.2, -0.15) is 0 Å². The molecule has 0 saturated carbocycles. The number of H-pyrrole nitrogens is 1. The van der Waals surface area contributed by atoms with Crippen molar-refractivity contribution < 1.29 is 14.7 Å². The van der Waals surface area contributed by atoms with Crippen molar-refractivity contribution in [1.29, 1.82) is 0 Å². The summed E-state index contributed by atoms with van der Waals surface area (Å²) in [5, 5.41) is 11.6. The molecule has 0 aliphatic rings. The van der Waals surface area contributed by atoms with Crippen LogP contribution in [0.2, 0.25) is 0 Å². The molecule has 0 unspecified atom stereocenters. The fourth-order valence-electron chi connectivity index (χ4n) is 1.55. The summed E-state index contributed by atoms with van der Waals surface area (Å²) in [5.74, 6) is -1.66. The zero-order valence-corrected chi connectivity index (χ0v) is 11.6. The molecule has 20 heavy (non-hydrogen) atoms. The number of carboxylic acid groups (broad SMARTS) is 1. The van der Waals surface area contributed by atoms with E-state index in [4.69, 9.17) is 5.11 Å². The second kappa shape index (κ2) is 5.70. The summed E-state index contributed by atoms with van der Waals surface area (Å²) in [6.07, 6.45) is 1.26. The first-order chi connectivity index (χ1) is 9.47. The standard InChI is InChI=1S/C13H9BrN2O4/c14-8-2-3-10(9(5-8)13(19)20)16-12(18)7-1-4-11(17)15-6-7/h1-6H,(H,15,17)(H,16,18)(H,19,20). The van der Waals surface area contributed by atoms with Gasteiger partial charge >= 0.3 is 5.97 Å². The predicted molar refractivity (Wildman–Crippen MR) is 76.1 cm³/mol. The molecule has 1 amide bonds. The van der Waals surface area contributed by atoms with Crippen LogP contribution < -0.4 is 10.9 Å². The minimum atomic E-state index is -1.15. The SMILES string of the molecule is O=C(Nc1ccc(Br)cc1C(=O)O)c1ccc(=O)[nH]c1. The van der Waals surface area contributed by atoms with Gasteiger partial charge in [-0.3, -0.25) is 9.59 Å².